The normalized spacial score (nSPS) is 18.3. The van der Waals surface area contributed by atoms with E-state index in [-0.39, 0.29) is 11.9 Å². The molecule has 1 fully saturated rings. The van der Waals surface area contributed by atoms with E-state index in [0.717, 1.165) is 23.4 Å². The zero-order chi connectivity index (χ0) is 17.8. The van der Waals surface area contributed by atoms with Crippen molar-refractivity contribution in [1.82, 2.24) is 15.2 Å². The summed E-state index contributed by atoms with van der Waals surface area (Å²) in [7, 11) is 0. The number of hydrogen-bond acceptors (Lipinski definition) is 4. The summed E-state index contributed by atoms with van der Waals surface area (Å²) < 4.78 is 5.67. The largest absolute Gasteiger partial charge is 0.444 e. The fourth-order valence-corrected chi connectivity index (χ4v) is 3.37. The highest BCUT2D eigenvalue weighted by Crippen LogP contribution is 2.28. The van der Waals surface area contributed by atoms with Crippen LogP contribution in [0.15, 0.2) is 71.3 Å². The van der Waals surface area contributed by atoms with Crippen molar-refractivity contribution >= 4 is 5.91 Å². The summed E-state index contributed by atoms with van der Waals surface area (Å²) in [4.78, 5) is 19.0. The molecule has 2 aromatic carbocycles. The Balaban J connectivity index is 1.57. The minimum absolute atomic E-state index is 0.0376. The predicted octanol–water partition coefficient (Wildman–Crippen LogP) is 3.40. The first-order chi connectivity index (χ1) is 12.8. The lowest BCUT2D eigenvalue weighted by atomic mass is 10.0. The third-order valence-corrected chi connectivity index (χ3v) is 4.66. The van der Waals surface area contributed by atoms with Gasteiger partial charge in [0.05, 0.1) is 5.69 Å². The van der Waals surface area contributed by atoms with Crippen molar-refractivity contribution in [2.45, 2.75) is 19.0 Å². The highest BCUT2D eigenvalue weighted by molar-refractivity contribution is 5.77. The van der Waals surface area contributed by atoms with E-state index >= 15 is 0 Å². The minimum atomic E-state index is 0.0376. The number of nitrogens with one attached hydrogen (secondary N) is 1. The Kier molecular flexibility index (Phi) is 4.80. The molecular weight excluding hydrogens is 326 g/mol. The van der Waals surface area contributed by atoms with Gasteiger partial charge in [-0.2, -0.15) is 0 Å². The lowest BCUT2D eigenvalue weighted by Gasteiger charge is -2.28. The van der Waals surface area contributed by atoms with Crippen molar-refractivity contribution in [3.63, 3.8) is 0 Å². The van der Waals surface area contributed by atoms with Gasteiger partial charge in [-0.15, -0.1) is 0 Å². The van der Waals surface area contributed by atoms with E-state index in [0.29, 0.717) is 25.4 Å². The van der Waals surface area contributed by atoms with Gasteiger partial charge in [0.15, 0.2) is 0 Å². The zero-order valence-electron chi connectivity index (χ0n) is 14.5. The van der Waals surface area contributed by atoms with Crippen molar-refractivity contribution < 1.29 is 9.21 Å². The number of nitrogens with zero attached hydrogens (tertiary/aromatic N) is 2. The second-order valence-corrected chi connectivity index (χ2v) is 6.46. The third-order valence-electron chi connectivity index (χ3n) is 4.66. The summed E-state index contributed by atoms with van der Waals surface area (Å²) in [6.45, 7) is 2.06. The molecule has 1 aromatic heterocycles. The summed E-state index contributed by atoms with van der Waals surface area (Å²) in [5.74, 6) is 0.715. The number of hydrogen-bond donors (Lipinski definition) is 1. The summed E-state index contributed by atoms with van der Waals surface area (Å²) in [6, 6.07) is 20.1. The highest BCUT2D eigenvalue weighted by atomic mass is 16.3. The second-order valence-electron chi connectivity index (χ2n) is 6.46. The van der Waals surface area contributed by atoms with Crippen LogP contribution in [0, 0.1) is 0 Å². The molecule has 4 rings (SSSR count). The van der Waals surface area contributed by atoms with Crippen molar-refractivity contribution in [1.29, 1.82) is 0 Å². The monoisotopic (exact) mass is 347 g/mol. The van der Waals surface area contributed by atoms with E-state index in [9.17, 15) is 4.79 Å². The van der Waals surface area contributed by atoms with Gasteiger partial charge >= 0.3 is 0 Å². The third kappa shape index (κ3) is 3.68. The minimum Gasteiger partial charge on any atom is -0.444 e. The van der Waals surface area contributed by atoms with Crippen LogP contribution in [0.5, 0.6) is 0 Å². The molecule has 1 saturated heterocycles. The molecule has 3 aromatic rings. The highest BCUT2D eigenvalue weighted by Gasteiger charge is 2.27. The summed E-state index contributed by atoms with van der Waals surface area (Å²) in [5, 5.41) is 2.97. The van der Waals surface area contributed by atoms with Crippen molar-refractivity contribution in [3.05, 3.63) is 78.2 Å². The topological polar surface area (TPSA) is 58.4 Å². The maximum absolute atomic E-state index is 12.1. The average Bonchev–Trinajstić information content (AvgIpc) is 3.07. The number of benzene rings is 2. The number of oxazole rings is 1. The van der Waals surface area contributed by atoms with E-state index in [1.165, 1.54) is 0 Å². The van der Waals surface area contributed by atoms with Gasteiger partial charge in [0.1, 0.15) is 6.26 Å². The SMILES string of the molecule is O=C1CC(c2ccccc2)N(Cc2coc(-c3ccccc3)n2)CCN1. The Morgan fingerprint density at radius 3 is 2.58 bits per heavy atom. The molecule has 0 aliphatic carbocycles. The maximum atomic E-state index is 12.1. The fraction of sp³-hybridized carbons (Fsp3) is 0.238. The second kappa shape index (κ2) is 7.54. The van der Waals surface area contributed by atoms with Crippen LogP contribution in [0.2, 0.25) is 0 Å². The molecule has 1 N–H and O–H groups in total. The van der Waals surface area contributed by atoms with E-state index in [2.05, 4.69) is 27.3 Å². The van der Waals surface area contributed by atoms with Crippen molar-refractivity contribution in [2.24, 2.45) is 0 Å². The molecule has 1 amide bonds. The summed E-state index contributed by atoms with van der Waals surface area (Å²) in [5.41, 5.74) is 2.99. The number of amides is 1. The van der Waals surface area contributed by atoms with Gasteiger partial charge in [-0.3, -0.25) is 9.69 Å². The number of rotatable bonds is 4. The van der Waals surface area contributed by atoms with Crippen molar-refractivity contribution in [2.75, 3.05) is 13.1 Å². The van der Waals surface area contributed by atoms with Crippen LogP contribution in [0.25, 0.3) is 11.5 Å². The quantitative estimate of drug-likeness (QED) is 0.786. The van der Waals surface area contributed by atoms with E-state index in [1.54, 1.807) is 6.26 Å². The molecule has 0 saturated carbocycles. The lowest BCUT2D eigenvalue weighted by Crippen LogP contribution is -2.30. The lowest BCUT2D eigenvalue weighted by molar-refractivity contribution is -0.121. The van der Waals surface area contributed by atoms with Crippen molar-refractivity contribution in [3.8, 4) is 11.5 Å². The van der Waals surface area contributed by atoms with Gasteiger partial charge in [0.25, 0.3) is 0 Å². The zero-order valence-corrected chi connectivity index (χ0v) is 14.5. The van der Waals surface area contributed by atoms with Gasteiger partial charge in [0, 0.05) is 37.7 Å². The smallest absolute Gasteiger partial charge is 0.226 e. The van der Waals surface area contributed by atoms with Crippen LogP contribution >= 0.6 is 0 Å². The Bertz CT molecular complexity index is 861. The van der Waals surface area contributed by atoms with E-state index in [1.807, 2.05) is 48.5 Å². The summed E-state index contributed by atoms with van der Waals surface area (Å²) >= 11 is 0. The molecule has 5 heteroatoms. The van der Waals surface area contributed by atoms with E-state index in [4.69, 9.17) is 4.42 Å². The molecule has 1 unspecified atom stereocenters. The Morgan fingerprint density at radius 2 is 1.81 bits per heavy atom. The summed E-state index contributed by atoms with van der Waals surface area (Å²) in [6.07, 6.45) is 2.16. The van der Waals surface area contributed by atoms with E-state index < -0.39 is 0 Å². The number of carbonyl (C=O) groups excluding carboxylic acids is 1. The molecule has 1 atom stereocenters. The van der Waals surface area contributed by atoms with Gasteiger partial charge in [-0.25, -0.2) is 4.98 Å². The fourth-order valence-electron chi connectivity index (χ4n) is 3.37. The van der Waals surface area contributed by atoms with Gasteiger partial charge < -0.3 is 9.73 Å². The van der Waals surface area contributed by atoms with Gasteiger partial charge in [-0.1, -0.05) is 48.5 Å². The molecule has 1 aliphatic rings. The van der Waals surface area contributed by atoms with Crippen LogP contribution in [-0.4, -0.2) is 28.9 Å². The number of carbonyl (C=O) groups is 1. The molecule has 0 bridgehead atoms. The standard InChI is InChI=1S/C21H21N3O2/c25-20-13-19(16-7-3-1-4-8-16)24(12-11-22-20)14-18-15-26-21(23-18)17-9-5-2-6-10-17/h1-10,15,19H,11-14H2,(H,22,25). The Morgan fingerprint density at radius 1 is 1.08 bits per heavy atom. The molecule has 26 heavy (non-hydrogen) atoms. The Labute approximate surface area is 152 Å². The molecule has 0 spiro atoms. The van der Waals surface area contributed by atoms with Gasteiger partial charge in [0.2, 0.25) is 11.8 Å². The molecule has 5 nitrogen and oxygen atoms in total. The molecule has 132 valence electrons. The maximum Gasteiger partial charge on any atom is 0.226 e. The van der Waals surface area contributed by atoms with Crippen LogP contribution < -0.4 is 5.32 Å². The molecule has 0 radical (unpaired) electrons. The molecular formula is C21H21N3O2. The predicted molar refractivity (Wildman–Crippen MR) is 99.2 cm³/mol. The Hall–Kier alpha value is -2.92. The van der Waals surface area contributed by atoms with Crippen LogP contribution in [0.3, 0.4) is 0 Å². The number of aromatic nitrogens is 1. The molecule has 2 heterocycles. The first-order valence-electron chi connectivity index (χ1n) is 8.85. The first kappa shape index (κ1) is 16.5. The van der Waals surface area contributed by atoms with Crippen LogP contribution in [0.1, 0.15) is 23.7 Å². The molecule has 1 aliphatic heterocycles. The van der Waals surface area contributed by atoms with Crippen LogP contribution in [-0.2, 0) is 11.3 Å². The average molecular weight is 347 g/mol. The van der Waals surface area contributed by atoms with Crippen LogP contribution in [0.4, 0.5) is 0 Å². The first-order valence-corrected chi connectivity index (χ1v) is 8.85. The van der Waals surface area contributed by atoms with Gasteiger partial charge in [-0.05, 0) is 17.7 Å².